The van der Waals surface area contributed by atoms with Gasteiger partial charge in [0.25, 0.3) is 0 Å². The number of primary amides is 1. The molecule has 110 valence electrons. The van der Waals surface area contributed by atoms with Gasteiger partial charge in [-0.1, -0.05) is 0 Å². The van der Waals surface area contributed by atoms with Crippen molar-refractivity contribution in [2.45, 2.75) is 25.8 Å². The lowest BCUT2D eigenvalue weighted by molar-refractivity contribution is -0.118. The van der Waals surface area contributed by atoms with E-state index in [4.69, 9.17) is 10.8 Å². The highest BCUT2D eigenvalue weighted by molar-refractivity contribution is 7.09. The molecule has 1 atom stereocenters. The Balaban J connectivity index is 2.27. The highest BCUT2D eigenvalue weighted by Crippen LogP contribution is 2.09. The van der Waals surface area contributed by atoms with Crippen molar-refractivity contribution in [3.05, 3.63) is 16.1 Å². The van der Waals surface area contributed by atoms with Crippen LogP contribution in [0.1, 0.15) is 28.8 Å². The highest BCUT2D eigenvalue weighted by atomic mass is 32.1. The average Bonchev–Trinajstić information content (AvgIpc) is 2.76. The lowest BCUT2D eigenvalue weighted by atomic mass is 10.2. The van der Waals surface area contributed by atoms with Gasteiger partial charge in [0.15, 0.2) is 5.69 Å². The van der Waals surface area contributed by atoms with Gasteiger partial charge >= 0.3 is 12.0 Å². The molecule has 0 aliphatic heterocycles. The number of urea groups is 1. The van der Waals surface area contributed by atoms with Gasteiger partial charge < -0.3 is 21.5 Å². The number of hydrogen-bond donors (Lipinski definition) is 4. The summed E-state index contributed by atoms with van der Waals surface area (Å²) in [6, 6.07) is -0.750. The van der Waals surface area contributed by atoms with E-state index in [9.17, 15) is 14.4 Å². The van der Waals surface area contributed by atoms with Crippen LogP contribution in [0.25, 0.3) is 0 Å². The molecule has 3 amide bonds. The van der Waals surface area contributed by atoms with E-state index in [1.165, 1.54) is 16.7 Å². The van der Waals surface area contributed by atoms with Crippen molar-refractivity contribution in [3.63, 3.8) is 0 Å². The van der Waals surface area contributed by atoms with E-state index in [0.29, 0.717) is 18.0 Å². The smallest absolute Gasteiger partial charge is 0.355 e. The number of hydrogen-bond acceptors (Lipinski definition) is 5. The molecule has 1 unspecified atom stereocenters. The zero-order valence-electron chi connectivity index (χ0n) is 10.9. The Labute approximate surface area is 119 Å². The number of carboxylic acids is 1. The number of carbonyl (C=O) groups excluding carboxylic acids is 2. The van der Waals surface area contributed by atoms with E-state index < -0.39 is 17.9 Å². The van der Waals surface area contributed by atoms with Crippen LogP contribution >= 0.6 is 11.3 Å². The van der Waals surface area contributed by atoms with Crippen LogP contribution in [0.5, 0.6) is 0 Å². The number of aromatic carboxylic acids is 1. The summed E-state index contributed by atoms with van der Waals surface area (Å²) in [5.41, 5.74) is 5.01. The molecule has 20 heavy (non-hydrogen) atoms. The molecule has 8 nitrogen and oxygen atoms in total. The van der Waals surface area contributed by atoms with E-state index >= 15 is 0 Å². The highest BCUT2D eigenvalue weighted by Gasteiger charge is 2.11. The number of rotatable bonds is 7. The number of nitrogens with one attached hydrogen (secondary N) is 2. The van der Waals surface area contributed by atoms with Crippen LogP contribution in [0.2, 0.25) is 0 Å². The molecular weight excluding hydrogens is 284 g/mol. The van der Waals surface area contributed by atoms with Crippen LogP contribution in [0, 0.1) is 0 Å². The molecule has 1 aromatic rings. The Bertz CT molecular complexity index is 502. The molecule has 0 fully saturated rings. The molecule has 0 aliphatic carbocycles. The summed E-state index contributed by atoms with van der Waals surface area (Å²) in [4.78, 5) is 36.6. The number of nitrogens with two attached hydrogens (primary N) is 1. The Morgan fingerprint density at radius 3 is 2.75 bits per heavy atom. The largest absolute Gasteiger partial charge is 0.476 e. The topological polar surface area (TPSA) is 134 Å². The number of thiazole rings is 1. The molecule has 0 spiro atoms. The number of carbonyl (C=O) groups is 3. The van der Waals surface area contributed by atoms with Crippen molar-refractivity contribution >= 4 is 29.2 Å². The maximum absolute atomic E-state index is 11.5. The third-order valence-corrected chi connectivity index (χ3v) is 3.19. The summed E-state index contributed by atoms with van der Waals surface area (Å²) in [5.74, 6) is -1.56. The van der Waals surface area contributed by atoms with E-state index in [1.54, 1.807) is 6.92 Å². The molecule has 0 radical (unpaired) electrons. The molecule has 1 heterocycles. The Morgan fingerprint density at radius 1 is 1.50 bits per heavy atom. The van der Waals surface area contributed by atoms with Crippen LogP contribution in [-0.2, 0) is 11.2 Å². The van der Waals surface area contributed by atoms with Crippen LogP contribution in [0.15, 0.2) is 5.38 Å². The van der Waals surface area contributed by atoms with Gasteiger partial charge in [0, 0.05) is 30.8 Å². The maximum Gasteiger partial charge on any atom is 0.355 e. The minimum atomic E-state index is -1.07. The van der Waals surface area contributed by atoms with Crippen molar-refractivity contribution < 1.29 is 19.5 Å². The minimum absolute atomic E-state index is 0.00420. The second kappa shape index (κ2) is 7.43. The van der Waals surface area contributed by atoms with E-state index in [0.717, 1.165) is 0 Å². The number of aromatic nitrogens is 1. The van der Waals surface area contributed by atoms with Gasteiger partial charge in [-0.25, -0.2) is 14.6 Å². The molecule has 0 aromatic carbocycles. The molecule has 0 saturated carbocycles. The lowest BCUT2D eigenvalue weighted by Gasteiger charge is -2.12. The van der Waals surface area contributed by atoms with Crippen LogP contribution in [0.4, 0.5) is 4.79 Å². The van der Waals surface area contributed by atoms with Crippen LogP contribution in [0.3, 0.4) is 0 Å². The Kier molecular flexibility index (Phi) is 5.91. The van der Waals surface area contributed by atoms with Gasteiger partial charge in [-0.05, 0) is 6.92 Å². The fraction of sp³-hybridized carbons (Fsp3) is 0.455. The van der Waals surface area contributed by atoms with Crippen LogP contribution in [-0.4, -0.2) is 40.6 Å². The number of amides is 3. The molecule has 0 saturated heterocycles. The summed E-state index contributed by atoms with van der Waals surface area (Å²) in [7, 11) is 0. The van der Waals surface area contributed by atoms with E-state index in [-0.39, 0.29) is 18.2 Å². The summed E-state index contributed by atoms with van der Waals surface area (Å²) in [6.07, 6.45) is 0.511. The first kappa shape index (κ1) is 15.9. The van der Waals surface area contributed by atoms with Gasteiger partial charge in [-0.3, -0.25) is 4.79 Å². The first-order valence-electron chi connectivity index (χ1n) is 5.89. The van der Waals surface area contributed by atoms with E-state index in [2.05, 4.69) is 15.6 Å². The van der Waals surface area contributed by atoms with Gasteiger partial charge in [0.1, 0.15) is 0 Å². The van der Waals surface area contributed by atoms with Gasteiger partial charge in [-0.2, -0.15) is 0 Å². The monoisotopic (exact) mass is 300 g/mol. The van der Waals surface area contributed by atoms with Gasteiger partial charge in [0.2, 0.25) is 5.91 Å². The van der Waals surface area contributed by atoms with E-state index in [1.807, 2.05) is 0 Å². The predicted molar refractivity (Wildman–Crippen MR) is 72.6 cm³/mol. The maximum atomic E-state index is 11.5. The molecule has 0 aliphatic rings. The average molecular weight is 300 g/mol. The second-order valence-electron chi connectivity index (χ2n) is 4.15. The summed E-state index contributed by atoms with van der Waals surface area (Å²) in [5, 5.41) is 15.9. The number of nitrogens with zero attached hydrogens (tertiary/aromatic N) is 1. The van der Waals surface area contributed by atoms with Crippen molar-refractivity contribution in [1.29, 1.82) is 0 Å². The fourth-order valence-electron chi connectivity index (χ4n) is 1.43. The van der Waals surface area contributed by atoms with Crippen molar-refractivity contribution in [2.24, 2.45) is 5.73 Å². The molecule has 1 rings (SSSR count). The predicted octanol–water partition coefficient (Wildman–Crippen LogP) is -0.0531. The SMILES string of the molecule is CC(CC(N)=O)NC(=O)NCCc1nc(C(=O)O)cs1. The normalized spacial score (nSPS) is 11.7. The first-order chi connectivity index (χ1) is 9.38. The molecule has 0 bridgehead atoms. The van der Waals surface area contributed by atoms with Gasteiger partial charge in [-0.15, -0.1) is 11.3 Å². The summed E-state index contributed by atoms with van der Waals surface area (Å²) >= 11 is 1.23. The number of carboxylic acid groups (broad SMARTS) is 1. The zero-order valence-corrected chi connectivity index (χ0v) is 11.7. The summed E-state index contributed by atoms with van der Waals surface area (Å²) < 4.78 is 0. The minimum Gasteiger partial charge on any atom is -0.476 e. The molecule has 9 heteroatoms. The van der Waals surface area contributed by atoms with Gasteiger partial charge in [0.05, 0.1) is 5.01 Å². The second-order valence-corrected chi connectivity index (χ2v) is 5.10. The zero-order chi connectivity index (χ0) is 15.1. The molecular formula is C11H16N4O4S. The van der Waals surface area contributed by atoms with Crippen molar-refractivity contribution in [3.8, 4) is 0 Å². The Morgan fingerprint density at radius 2 is 2.20 bits per heavy atom. The quantitative estimate of drug-likeness (QED) is 0.560. The first-order valence-corrected chi connectivity index (χ1v) is 6.76. The molecule has 5 N–H and O–H groups in total. The van der Waals surface area contributed by atoms with Crippen molar-refractivity contribution in [1.82, 2.24) is 15.6 Å². The van der Waals surface area contributed by atoms with Crippen molar-refractivity contribution in [2.75, 3.05) is 6.54 Å². The fourth-order valence-corrected chi connectivity index (χ4v) is 2.21. The Hall–Kier alpha value is -2.16. The third-order valence-electron chi connectivity index (χ3n) is 2.28. The lowest BCUT2D eigenvalue weighted by Crippen LogP contribution is -2.42. The summed E-state index contributed by atoms with van der Waals surface area (Å²) in [6.45, 7) is 1.99. The van der Waals surface area contributed by atoms with Crippen LogP contribution < -0.4 is 16.4 Å². The standard InChI is InChI=1S/C11H16N4O4S/c1-6(4-8(12)16)14-11(19)13-3-2-9-15-7(5-20-9)10(17)18/h5-6H,2-4H2,1H3,(H2,12,16)(H,17,18)(H2,13,14,19). The third kappa shape index (κ3) is 5.65. The molecule has 1 aromatic heterocycles.